The molecule has 0 aromatic carbocycles. The van der Waals surface area contributed by atoms with Crippen molar-refractivity contribution in [3.8, 4) is 0 Å². The zero-order valence-corrected chi connectivity index (χ0v) is 11.7. The van der Waals surface area contributed by atoms with Gasteiger partial charge in [0.2, 0.25) is 0 Å². The quantitative estimate of drug-likeness (QED) is 0.623. The summed E-state index contributed by atoms with van der Waals surface area (Å²) in [5.41, 5.74) is 0. The third kappa shape index (κ3) is 5.34. The molecule has 1 nitrogen and oxygen atoms in total. The van der Waals surface area contributed by atoms with E-state index in [1.807, 2.05) is 0 Å². The summed E-state index contributed by atoms with van der Waals surface area (Å²) in [7, 11) is 0. The fraction of sp³-hybridized carbons (Fsp3) is 1.00. The van der Waals surface area contributed by atoms with Gasteiger partial charge in [-0.2, -0.15) is 0 Å². The Morgan fingerprint density at radius 1 is 1.19 bits per heavy atom. The van der Waals surface area contributed by atoms with Crippen molar-refractivity contribution >= 4 is 0 Å². The van der Waals surface area contributed by atoms with E-state index in [2.05, 4.69) is 25.7 Å². The lowest BCUT2D eigenvalue weighted by molar-refractivity contribution is 0.176. The molecule has 0 radical (unpaired) electrons. The molecule has 1 heterocycles. The molecule has 0 aromatic heterocycles. The largest absolute Gasteiger partial charge is 0.303 e. The Kier molecular flexibility index (Phi) is 7.11. The molecule has 0 N–H and O–H groups in total. The molecule has 0 spiro atoms. The van der Waals surface area contributed by atoms with Gasteiger partial charge in [0, 0.05) is 0 Å². The van der Waals surface area contributed by atoms with Crippen LogP contribution in [0.15, 0.2) is 0 Å². The van der Waals surface area contributed by atoms with Crippen LogP contribution in [0, 0.1) is 11.8 Å². The van der Waals surface area contributed by atoms with Gasteiger partial charge in [-0.1, -0.05) is 46.5 Å². The van der Waals surface area contributed by atoms with Crippen molar-refractivity contribution in [2.45, 2.75) is 65.7 Å². The van der Waals surface area contributed by atoms with E-state index in [-0.39, 0.29) is 0 Å². The molecule has 1 atom stereocenters. The third-order valence-electron chi connectivity index (χ3n) is 4.25. The molecule has 1 saturated heterocycles. The molecule has 0 bridgehead atoms. The fourth-order valence-electron chi connectivity index (χ4n) is 2.77. The molecule has 16 heavy (non-hydrogen) atoms. The van der Waals surface area contributed by atoms with Crippen LogP contribution in [0.3, 0.4) is 0 Å². The Bertz CT molecular complexity index is 159. The Morgan fingerprint density at radius 2 is 1.88 bits per heavy atom. The predicted octanol–water partition coefficient (Wildman–Crippen LogP) is 4.32. The lowest BCUT2D eigenvalue weighted by atomic mass is 9.89. The summed E-state index contributed by atoms with van der Waals surface area (Å²) in [6.07, 6.45) is 10.00. The molecule has 1 heteroatoms. The molecule has 0 aromatic rings. The van der Waals surface area contributed by atoms with Gasteiger partial charge in [-0.25, -0.2) is 0 Å². The van der Waals surface area contributed by atoms with Crippen LogP contribution in [0.25, 0.3) is 0 Å². The maximum absolute atomic E-state index is 2.64. The highest BCUT2D eigenvalue weighted by molar-refractivity contribution is 4.72. The average molecular weight is 225 g/mol. The highest BCUT2D eigenvalue weighted by Gasteiger charge is 2.18. The molecule has 1 aliphatic heterocycles. The lowest BCUT2D eigenvalue weighted by Crippen LogP contribution is -2.34. The van der Waals surface area contributed by atoms with E-state index >= 15 is 0 Å². The van der Waals surface area contributed by atoms with Crippen molar-refractivity contribution < 1.29 is 0 Å². The minimum absolute atomic E-state index is 0.945. The summed E-state index contributed by atoms with van der Waals surface area (Å²) < 4.78 is 0. The van der Waals surface area contributed by atoms with Gasteiger partial charge in [0.25, 0.3) is 0 Å². The van der Waals surface area contributed by atoms with Crippen molar-refractivity contribution in [1.29, 1.82) is 0 Å². The maximum atomic E-state index is 2.64. The first-order valence-electron chi connectivity index (χ1n) is 7.48. The monoisotopic (exact) mass is 225 g/mol. The number of hydrogen-bond donors (Lipinski definition) is 0. The van der Waals surface area contributed by atoms with Crippen molar-refractivity contribution in [3.05, 3.63) is 0 Å². The number of nitrogens with zero attached hydrogens (tertiary/aromatic N) is 1. The van der Waals surface area contributed by atoms with Gasteiger partial charge >= 0.3 is 0 Å². The second kappa shape index (κ2) is 8.11. The Balaban J connectivity index is 2.03. The zero-order chi connectivity index (χ0) is 11.8. The van der Waals surface area contributed by atoms with E-state index in [1.165, 1.54) is 64.6 Å². The summed E-state index contributed by atoms with van der Waals surface area (Å²) >= 11 is 0. The topological polar surface area (TPSA) is 3.24 Å². The molecule has 1 aliphatic rings. The molecule has 1 fully saturated rings. The first-order valence-corrected chi connectivity index (χ1v) is 7.48. The molecule has 0 aliphatic carbocycles. The van der Waals surface area contributed by atoms with Gasteiger partial charge in [0.15, 0.2) is 0 Å². The van der Waals surface area contributed by atoms with Crippen molar-refractivity contribution in [3.63, 3.8) is 0 Å². The van der Waals surface area contributed by atoms with E-state index < -0.39 is 0 Å². The van der Waals surface area contributed by atoms with Crippen molar-refractivity contribution in [2.24, 2.45) is 11.8 Å². The smallest absolute Gasteiger partial charge is 0.00161 e. The second-order valence-electron chi connectivity index (χ2n) is 5.73. The number of hydrogen-bond acceptors (Lipinski definition) is 1. The summed E-state index contributed by atoms with van der Waals surface area (Å²) in [5, 5.41) is 0. The molecule has 1 unspecified atom stereocenters. The van der Waals surface area contributed by atoms with Crippen molar-refractivity contribution in [1.82, 2.24) is 4.90 Å². The third-order valence-corrected chi connectivity index (χ3v) is 4.25. The van der Waals surface area contributed by atoms with Crippen LogP contribution in [-0.4, -0.2) is 24.5 Å². The van der Waals surface area contributed by atoms with Crippen LogP contribution in [0.4, 0.5) is 0 Å². The van der Waals surface area contributed by atoms with Crippen LogP contribution in [0.1, 0.15) is 65.7 Å². The standard InChI is InChI=1S/C15H31N/c1-4-11-16-12-9-15(10-13-16)8-6-7-14(3)5-2/h14-15H,4-13H2,1-3H3. The van der Waals surface area contributed by atoms with Crippen LogP contribution < -0.4 is 0 Å². The molecule has 1 rings (SSSR count). The van der Waals surface area contributed by atoms with Crippen molar-refractivity contribution in [2.75, 3.05) is 19.6 Å². The summed E-state index contributed by atoms with van der Waals surface area (Å²) in [6.45, 7) is 11.0. The molecule has 0 saturated carbocycles. The van der Waals surface area contributed by atoms with Crippen LogP contribution in [0.2, 0.25) is 0 Å². The summed E-state index contributed by atoms with van der Waals surface area (Å²) in [6, 6.07) is 0. The maximum Gasteiger partial charge on any atom is -0.00161 e. The summed E-state index contributed by atoms with van der Waals surface area (Å²) in [4.78, 5) is 2.64. The number of likely N-dealkylation sites (tertiary alicyclic amines) is 1. The molecular weight excluding hydrogens is 194 g/mol. The van der Waals surface area contributed by atoms with Crippen LogP contribution >= 0.6 is 0 Å². The first-order chi connectivity index (χ1) is 7.76. The minimum atomic E-state index is 0.945. The van der Waals surface area contributed by atoms with E-state index in [0.29, 0.717) is 0 Å². The Hall–Kier alpha value is -0.0400. The molecular formula is C15H31N. The van der Waals surface area contributed by atoms with E-state index in [1.54, 1.807) is 0 Å². The van der Waals surface area contributed by atoms with Gasteiger partial charge < -0.3 is 4.90 Å². The zero-order valence-electron chi connectivity index (χ0n) is 11.7. The van der Waals surface area contributed by atoms with Crippen LogP contribution in [-0.2, 0) is 0 Å². The number of piperidine rings is 1. The van der Waals surface area contributed by atoms with E-state index in [4.69, 9.17) is 0 Å². The predicted molar refractivity (Wildman–Crippen MR) is 72.8 cm³/mol. The van der Waals surface area contributed by atoms with Gasteiger partial charge in [0.05, 0.1) is 0 Å². The highest BCUT2D eigenvalue weighted by Crippen LogP contribution is 2.24. The minimum Gasteiger partial charge on any atom is -0.303 e. The summed E-state index contributed by atoms with van der Waals surface area (Å²) in [5.74, 6) is 1.98. The number of rotatable bonds is 7. The van der Waals surface area contributed by atoms with E-state index in [9.17, 15) is 0 Å². The SMILES string of the molecule is CCCN1CCC(CCCC(C)CC)CC1. The second-order valence-corrected chi connectivity index (χ2v) is 5.73. The first kappa shape index (κ1) is 14.0. The van der Waals surface area contributed by atoms with Gasteiger partial charge in [-0.05, 0) is 50.7 Å². The normalized spacial score (nSPS) is 21.2. The van der Waals surface area contributed by atoms with E-state index in [0.717, 1.165) is 11.8 Å². The van der Waals surface area contributed by atoms with Gasteiger partial charge in [-0.15, -0.1) is 0 Å². The lowest BCUT2D eigenvalue weighted by Gasteiger charge is -2.31. The van der Waals surface area contributed by atoms with Gasteiger partial charge in [0.1, 0.15) is 0 Å². The molecule has 0 amide bonds. The highest BCUT2D eigenvalue weighted by atomic mass is 15.1. The van der Waals surface area contributed by atoms with Crippen LogP contribution in [0.5, 0.6) is 0 Å². The molecule has 96 valence electrons. The Labute approximate surface area is 103 Å². The fourth-order valence-corrected chi connectivity index (χ4v) is 2.77. The average Bonchev–Trinajstić information content (AvgIpc) is 2.31. The Morgan fingerprint density at radius 3 is 2.44 bits per heavy atom. The van der Waals surface area contributed by atoms with Gasteiger partial charge in [-0.3, -0.25) is 0 Å².